The molecule has 1 amide bonds. The van der Waals surface area contributed by atoms with Crippen LogP contribution in [0.2, 0.25) is 0 Å². The SMILES string of the molecule is COc1ccccc1[C@H]1C(C(=O)OCc2ccccc2)=C(C)N=C2SC=C(CC(=O)NCCc3ccccn3)N21. The van der Waals surface area contributed by atoms with Gasteiger partial charge in [0.25, 0.3) is 0 Å². The van der Waals surface area contributed by atoms with E-state index >= 15 is 0 Å². The van der Waals surface area contributed by atoms with Gasteiger partial charge in [-0.05, 0) is 36.1 Å². The molecule has 1 atom stereocenters. The van der Waals surface area contributed by atoms with Gasteiger partial charge in [0.15, 0.2) is 5.17 Å². The van der Waals surface area contributed by atoms with Gasteiger partial charge in [-0.1, -0.05) is 66.4 Å². The molecule has 8 nitrogen and oxygen atoms in total. The van der Waals surface area contributed by atoms with Crippen molar-refractivity contribution >= 4 is 28.8 Å². The molecule has 0 bridgehead atoms. The molecule has 0 spiro atoms. The fourth-order valence-electron chi connectivity index (χ4n) is 4.72. The van der Waals surface area contributed by atoms with Crippen molar-refractivity contribution < 1.29 is 19.1 Å². The number of nitrogens with one attached hydrogen (secondary N) is 1. The molecule has 0 saturated heterocycles. The van der Waals surface area contributed by atoms with E-state index in [9.17, 15) is 9.59 Å². The molecule has 1 N–H and O–H groups in total. The van der Waals surface area contributed by atoms with Gasteiger partial charge in [0, 0.05) is 36.1 Å². The fourth-order valence-corrected chi connectivity index (χ4v) is 5.69. The number of carbonyl (C=O) groups is 2. The molecule has 0 saturated carbocycles. The molecule has 0 aliphatic carbocycles. The van der Waals surface area contributed by atoms with Crippen LogP contribution in [0.3, 0.4) is 0 Å². The minimum atomic E-state index is -0.575. The summed E-state index contributed by atoms with van der Waals surface area (Å²) in [5.41, 5.74) is 4.32. The second-order valence-corrected chi connectivity index (χ2v) is 10.1. The standard InChI is InChI=1S/C31H30N4O4S/c1-21-28(30(37)39-19-22-10-4-3-5-11-22)29(25-13-6-7-14-26(25)38-2)35-24(20-40-31(35)34-21)18-27(36)33-17-15-23-12-8-9-16-32-23/h3-14,16,20,29H,15,17-19H2,1-2H3,(H,33,36)/t29-/m0/s1. The quantitative estimate of drug-likeness (QED) is 0.346. The Morgan fingerprint density at radius 1 is 1.02 bits per heavy atom. The summed E-state index contributed by atoms with van der Waals surface area (Å²) >= 11 is 1.43. The number of amidine groups is 1. The van der Waals surface area contributed by atoms with Gasteiger partial charge in [-0.2, -0.15) is 0 Å². The zero-order chi connectivity index (χ0) is 27.9. The molecule has 2 aromatic carbocycles. The largest absolute Gasteiger partial charge is 0.496 e. The first-order valence-corrected chi connectivity index (χ1v) is 13.9. The van der Waals surface area contributed by atoms with Crippen LogP contribution in [0, 0.1) is 0 Å². The molecular weight excluding hydrogens is 524 g/mol. The van der Waals surface area contributed by atoms with Crippen molar-refractivity contribution in [1.82, 2.24) is 15.2 Å². The number of allylic oxidation sites excluding steroid dienone is 1. The Morgan fingerprint density at radius 3 is 2.58 bits per heavy atom. The number of para-hydroxylation sites is 1. The first kappa shape index (κ1) is 27.2. The van der Waals surface area contributed by atoms with Crippen molar-refractivity contribution in [3.63, 3.8) is 0 Å². The Hall–Kier alpha value is -4.37. The van der Waals surface area contributed by atoms with Crippen molar-refractivity contribution in [2.45, 2.75) is 32.4 Å². The third kappa shape index (κ3) is 6.10. The summed E-state index contributed by atoms with van der Waals surface area (Å²) in [4.78, 5) is 37.6. The number of rotatable bonds is 10. The average Bonchev–Trinajstić information content (AvgIpc) is 3.37. The van der Waals surface area contributed by atoms with Gasteiger partial charge in [0.1, 0.15) is 12.4 Å². The average molecular weight is 555 g/mol. The van der Waals surface area contributed by atoms with Crippen molar-refractivity contribution in [3.8, 4) is 5.75 Å². The van der Waals surface area contributed by atoms with Gasteiger partial charge in [-0.15, -0.1) is 0 Å². The summed E-state index contributed by atoms with van der Waals surface area (Å²) in [6, 6.07) is 22.3. The molecule has 204 valence electrons. The monoisotopic (exact) mass is 554 g/mol. The van der Waals surface area contributed by atoms with Crippen LogP contribution >= 0.6 is 11.8 Å². The number of nitrogens with zero attached hydrogens (tertiary/aromatic N) is 3. The maximum absolute atomic E-state index is 13.6. The van der Waals surface area contributed by atoms with Gasteiger partial charge >= 0.3 is 5.97 Å². The minimum absolute atomic E-state index is 0.123. The first-order chi connectivity index (χ1) is 19.5. The highest BCUT2D eigenvalue weighted by Crippen LogP contribution is 2.46. The van der Waals surface area contributed by atoms with Gasteiger partial charge in [-0.3, -0.25) is 9.78 Å². The van der Waals surface area contributed by atoms with Gasteiger partial charge < -0.3 is 19.7 Å². The van der Waals surface area contributed by atoms with Crippen LogP contribution in [0.4, 0.5) is 0 Å². The van der Waals surface area contributed by atoms with Crippen LogP contribution in [0.15, 0.2) is 106 Å². The molecule has 40 heavy (non-hydrogen) atoms. The number of esters is 1. The number of pyridine rings is 1. The van der Waals surface area contributed by atoms with Crippen molar-refractivity contribution in [3.05, 3.63) is 118 Å². The zero-order valence-corrected chi connectivity index (χ0v) is 23.2. The highest BCUT2D eigenvalue weighted by molar-refractivity contribution is 8.16. The van der Waals surface area contributed by atoms with E-state index in [1.165, 1.54) is 11.8 Å². The molecule has 3 heterocycles. The number of hydrogen-bond acceptors (Lipinski definition) is 8. The molecule has 2 aliphatic rings. The van der Waals surface area contributed by atoms with E-state index in [1.54, 1.807) is 13.3 Å². The molecule has 0 fully saturated rings. The van der Waals surface area contributed by atoms with Crippen LogP contribution in [0.1, 0.15) is 36.2 Å². The number of benzene rings is 2. The summed E-state index contributed by atoms with van der Waals surface area (Å²) in [6.45, 7) is 2.43. The summed E-state index contributed by atoms with van der Waals surface area (Å²) < 4.78 is 11.5. The van der Waals surface area contributed by atoms with E-state index in [4.69, 9.17) is 14.5 Å². The number of aromatic nitrogens is 1. The third-order valence-electron chi connectivity index (χ3n) is 6.64. The van der Waals surface area contributed by atoms with Gasteiger partial charge in [0.05, 0.1) is 30.8 Å². The van der Waals surface area contributed by atoms with Crippen LogP contribution in [-0.4, -0.2) is 40.6 Å². The van der Waals surface area contributed by atoms with Crippen molar-refractivity contribution in [2.24, 2.45) is 4.99 Å². The molecule has 5 rings (SSSR count). The molecular formula is C31H30N4O4S. The van der Waals surface area contributed by atoms with Gasteiger partial charge in [-0.25, -0.2) is 9.79 Å². The molecule has 1 aromatic heterocycles. The minimum Gasteiger partial charge on any atom is -0.496 e. The lowest BCUT2D eigenvalue weighted by Crippen LogP contribution is -2.38. The van der Waals surface area contributed by atoms with Crippen LogP contribution in [0.25, 0.3) is 0 Å². The Kier molecular flexibility index (Phi) is 8.61. The summed E-state index contributed by atoms with van der Waals surface area (Å²) in [5, 5.41) is 5.61. The molecule has 3 aromatic rings. The number of fused-ring (bicyclic) bond motifs is 1. The smallest absolute Gasteiger partial charge is 0.338 e. The van der Waals surface area contributed by atoms with Crippen molar-refractivity contribution in [1.29, 1.82) is 0 Å². The maximum atomic E-state index is 13.6. The number of methoxy groups -OCH3 is 1. The topological polar surface area (TPSA) is 93.1 Å². The number of carbonyl (C=O) groups excluding carboxylic acids is 2. The zero-order valence-electron chi connectivity index (χ0n) is 22.4. The van der Waals surface area contributed by atoms with Crippen molar-refractivity contribution in [2.75, 3.05) is 13.7 Å². The summed E-state index contributed by atoms with van der Waals surface area (Å²) in [6.07, 6.45) is 2.51. The van der Waals surface area contributed by atoms with Crippen LogP contribution in [0.5, 0.6) is 5.75 Å². The Bertz CT molecular complexity index is 1470. The highest BCUT2D eigenvalue weighted by atomic mass is 32.2. The van der Waals surface area contributed by atoms with Gasteiger partial charge in [0.2, 0.25) is 5.91 Å². The third-order valence-corrected chi connectivity index (χ3v) is 7.53. The molecule has 9 heteroatoms. The predicted molar refractivity (Wildman–Crippen MR) is 155 cm³/mol. The van der Waals surface area contributed by atoms with E-state index < -0.39 is 12.0 Å². The fraction of sp³-hybridized carbons (Fsp3) is 0.226. The van der Waals surface area contributed by atoms with Crippen LogP contribution in [-0.2, 0) is 27.4 Å². The lowest BCUT2D eigenvalue weighted by atomic mass is 9.93. The molecule has 0 unspecified atom stereocenters. The van der Waals surface area contributed by atoms with Crippen LogP contribution < -0.4 is 10.1 Å². The lowest BCUT2D eigenvalue weighted by molar-refractivity contribution is -0.141. The number of aliphatic imine (C=N–C) groups is 1. The second-order valence-electron chi connectivity index (χ2n) is 9.29. The number of hydrogen-bond donors (Lipinski definition) is 1. The lowest BCUT2D eigenvalue weighted by Gasteiger charge is -2.36. The van der Waals surface area contributed by atoms with E-state index in [0.29, 0.717) is 35.2 Å². The van der Waals surface area contributed by atoms with E-state index in [1.807, 2.05) is 90.0 Å². The molecule has 0 radical (unpaired) electrons. The Labute approximate surface area is 237 Å². The molecule has 2 aliphatic heterocycles. The Morgan fingerprint density at radius 2 is 1.80 bits per heavy atom. The number of thioether (sulfide) groups is 1. The maximum Gasteiger partial charge on any atom is 0.338 e. The number of amides is 1. The summed E-state index contributed by atoms with van der Waals surface area (Å²) in [7, 11) is 1.60. The first-order valence-electron chi connectivity index (χ1n) is 13.0. The predicted octanol–water partition coefficient (Wildman–Crippen LogP) is 5.16. The summed E-state index contributed by atoms with van der Waals surface area (Å²) in [5.74, 6) is 0.0457. The van der Waals surface area contributed by atoms with E-state index in [0.717, 1.165) is 22.5 Å². The Balaban J connectivity index is 1.39. The second kappa shape index (κ2) is 12.7. The highest BCUT2D eigenvalue weighted by Gasteiger charge is 2.42. The van der Waals surface area contributed by atoms with E-state index in [2.05, 4.69) is 10.3 Å². The normalized spacial score (nSPS) is 16.1. The number of ether oxygens (including phenoxy) is 2. The van der Waals surface area contributed by atoms with E-state index in [-0.39, 0.29) is 18.9 Å².